The largest absolute Gasteiger partial charge is 0.507 e. The molecule has 3 aromatic rings. The maximum Gasteiger partial charge on any atom is 0.261 e. The molecule has 0 bridgehead atoms. The number of aromatic nitrogens is 2. The Labute approximate surface area is 140 Å². The molecule has 1 heterocycles. The molecule has 0 spiro atoms. The van der Waals surface area contributed by atoms with Gasteiger partial charge in [0.05, 0.1) is 11.1 Å². The van der Waals surface area contributed by atoms with E-state index in [1.54, 1.807) is 24.1 Å². The van der Waals surface area contributed by atoms with Gasteiger partial charge < -0.3 is 10.0 Å². The Morgan fingerprint density at radius 2 is 1.96 bits per heavy atom. The minimum Gasteiger partial charge on any atom is -0.507 e. The highest BCUT2D eigenvalue weighted by Gasteiger charge is 2.19. The first-order chi connectivity index (χ1) is 11.5. The number of aromatic hydroxyl groups is 1. The van der Waals surface area contributed by atoms with Crippen LogP contribution in [-0.4, -0.2) is 28.3 Å². The number of phenolic OH excluding ortho intramolecular Hbond substituents is 1. The van der Waals surface area contributed by atoms with Gasteiger partial charge in [-0.05, 0) is 31.5 Å². The summed E-state index contributed by atoms with van der Waals surface area (Å²) in [6.45, 7) is 4.09. The van der Waals surface area contributed by atoms with Gasteiger partial charge >= 0.3 is 0 Å². The number of fused-ring (bicyclic) bond motifs is 1. The highest BCUT2D eigenvalue weighted by atomic mass is 16.3. The number of nitrogens with one attached hydrogen (secondary N) is 1. The molecule has 2 N–H and O–H groups in total. The van der Waals surface area contributed by atoms with E-state index in [0.717, 1.165) is 35.2 Å². The van der Waals surface area contributed by atoms with Gasteiger partial charge in [-0.2, -0.15) is 5.10 Å². The molecule has 24 heavy (non-hydrogen) atoms. The molecule has 0 saturated heterocycles. The molecule has 0 aliphatic heterocycles. The lowest BCUT2D eigenvalue weighted by molar-refractivity contribution is 0.0990. The van der Waals surface area contributed by atoms with Crippen LogP contribution < -0.4 is 4.90 Å². The molecule has 1 amide bonds. The van der Waals surface area contributed by atoms with E-state index in [9.17, 15) is 9.90 Å². The minimum absolute atomic E-state index is 0.0546. The smallest absolute Gasteiger partial charge is 0.261 e. The molecule has 3 rings (SSSR count). The molecule has 0 aliphatic rings. The standard InChI is InChI=1S/C19H21N3O2/c1-4-5-16-14-10-15(18(23)11-17(14)21-20-16)19(24)22(3)13-8-6-12(2)7-9-13/h6-11,23H,4-5H2,1-3H3,(H,20,21). The van der Waals surface area contributed by atoms with Crippen molar-refractivity contribution < 1.29 is 9.90 Å². The predicted molar refractivity (Wildman–Crippen MR) is 95.7 cm³/mol. The second kappa shape index (κ2) is 6.35. The molecule has 0 aliphatic carbocycles. The van der Waals surface area contributed by atoms with Gasteiger partial charge in [-0.3, -0.25) is 9.89 Å². The molecule has 124 valence electrons. The fraction of sp³-hybridized carbons (Fsp3) is 0.263. The minimum atomic E-state index is -0.248. The third-order valence-electron chi connectivity index (χ3n) is 4.21. The normalized spacial score (nSPS) is 11.0. The number of benzene rings is 2. The average molecular weight is 323 g/mol. The van der Waals surface area contributed by atoms with Gasteiger partial charge in [0.15, 0.2) is 0 Å². The van der Waals surface area contributed by atoms with E-state index in [-0.39, 0.29) is 17.2 Å². The lowest BCUT2D eigenvalue weighted by Gasteiger charge is -2.18. The van der Waals surface area contributed by atoms with Crippen molar-refractivity contribution in [2.24, 2.45) is 0 Å². The number of aryl methyl sites for hydroxylation is 2. The number of carbonyl (C=O) groups is 1. The maximum absolute atomic E-state index is 12.8. The van der Waals surface area contributed by atoms with Crippen molar-refractivity contribution >= 4 is 22.5 Å². The number of amides is 1. The van der Waals surface area contributed by atoms with Crippen molar-refractivity contribution in [3.8, 4) is 5.75 Å². The number of H-pyrrole nitrogens is 1. The molecule has 0 unspecified atom stereocenters. The first-order valence-electron chi connectivity index (χ1n) is 8.06. The molecule has 0 fully saturated rings. The van der Waals surface area contributed by atoms with Crippen molar-refractivity contribution in [2.75, 3.05) is 11.9 Å². The van der Waals surface area contributed by atoms with Crippen molar-refractivity contribution in [2.45, 2.75) is 26.7 Å². The van der Waals surface area contributed by atoms with Crippen molar-refractivity contribution in [1.82, 2.24) is 10.2 Å². The van der Waals surface area contributed by atoms with Gasteiger partial charge in [-0.15, -0.1) is 0 Å². The highest BCUT2D eigenvalue weighted by molar-refractivity contribution is 6.09. The summed E-state index contributed by atoms with van der Waals surface area (Å²) in [4.78, 5) is 14.4. The van der Waals surface area contributed by atoms with E-state index in [0.29, 0.717) is 5.52 Å². The summed E-state index contributed by atoms with van der Waals surface area (Å²) >= 11 is 0. The molecule has 5 nitrogen and oxygen atoms in total. The van der Waals surface area contributed by atoms with E-state index in [2.05, 4.69) is 17.1 Å². The third kappa shape index (κ3) is 2.85. The van der Waals surface area contributed by atoms with Crippen molar-refractivity contribution in [3.63, 3.8) is 0 Å². The van der Waals surface area contributed by atoms with Gasteiger partial charge in [0.25, 0.3) is 5.91 Å². The maximum atomic E-state index is 12.8. The zero-order valence-electron chi connectivity index (χ0n) is 14.1. The Morgan fingerprint density at radius 1 is 1.25 bits per heavy atom. The second-order valence-corrected chi connectivity index (χ2v) is 6.04. The summed E-state index contributed by atoms with van der Waals surface area (Å²) in [7, 11) is 1.71. The van der Waals surface area contributed by atoms with Crippen LogP contribution in [0.25, 0.3) is 10.9 Å². The molecule has 0 atom stereocenters. The summed E-state index contributed by atoms with van der Waals surface area (Å²) in [6.07, 6.45) is 1.83. The summed E-state index contributed by atoms with van der Waals surface area (Å²) in [5, 5.41) is 18.3. The monoisotopic (exact) mass is 323 g/mol. The summed E-state index contributed by atoms with van der Waals surface area (Å²) < 4.78 is 0. The van der Waals surface area contributed by atoms with Crippen LogP contribution in [0.4, 0.5) is 5.69 Å². The van der Waals surface area contributed by atoms with Crippen molar-refractivity contribution in [1.29, 1.82) is 0 Å². The molecule has 5 heteroatoms. The molecular weight excluding hydrogens is 302 g/mol. The number of rotatable bonds is 4. The molecule has 0 saturated carbocycles. The number of anilines is 1. The fourth-order valence-electron chi connectivity index (χ4n) is 2.78. The van der Waals surface area contributed by atoms with Gasteiger partial charge in [-0.25, -0.2) is 0 Å². The number of carbonyl (C=O) groups excluding carboxylic acids is 1. The first-order valence-corrected chi connectivity index (χ1v) is 8.06. The number of hydrogen-bond donors (Lipinski definition) is 2. The van der Waals surface area contributed by atoms with Crippen LogP contribution in [0.15, 0.2) is 36.4 Å². The van der Waals surface area contributed by atoms with Crippen LogP contribution in [0, 0.1) is 6.92 Å². The van der Waals surface area contributed by atoms with Gasteiger partial charge in [0.2, 0.25) is 0 Å². The summed E-state index contributed by atoms with van der Waals surface area (Å²) in [5.41, 5.74) is 3.85. The molecule has 2 aromatic carbocycles. The Morgan fingerprint density at radius 3 is 2.62 bits per heavy atom. The average Bonchev–Trinajstić information content (AvgIpc) is 2.96. The van der Waals surface area contributed by atoms with E-state index < -0.39 is 0 Å². The second-order valence-electron chi connectivity index (χ2n) is 6.04. The van der Waals surface area contributed by atoms with E-state index in [1.807, 2.05) is 31.2 Å². The van der Waals surface area contributed by atoms with Gasteiger partial charge in [0, 0.05) is 29.9 Å². The SMILES string of the molecule is CCCc1[nH]nc2cc(O)c(C(=O)N(C)c3ccc(C)cc3)cc12. The molecule has 0 radical (unpaired) electrons. The van der Waals surface area contributed by atoms with E-state index in [4.69, 9.17) is 0 Å². The summed E-state index contributed by atoms with van der Waals surface area (Å²) in [5.74, 6) is -0.303. The van der Waals surface area contributed by atoms with Crippen LogP contribution in [0.5, 0.6) is 5.75 Å². The van der Waals surface area contributed by atoms with E-state index >= 15 is 0 Å². The molecular formula is C19H21N3O2. The number of nitrogens with zero attached hydrogens (tertiary/aromatic N) is 2. The van der Waals surface area contributed by atoms with Crippen LogP contribution in [0.1, 0.15) is 35.0 Å². The van der Waals surface area contributed by atoms with Crippen LogP contribution in [0.3, 0.4) is 0 Å². The van der Waals surface area contributed by atoms with Crippen molar-refractivity contribution in [3.05, 3.63) is 53.2 Å². The Balaban J connectivity index is 2.00. The lowest BCUT2D eigenvalue weighted by Crippen LogP contribution is -2.26. The molecule has 1 aromatic heterocycles. The Bertz CT molecular complexity index is 882. The lowest BCUT2D eigenvalue weighted by atomic mass is 10.1. The first kappa shape index (κ1) is 16.1. The third-order valence-corrected chi connectivity index (χ3v) is 4.21. The van der Waals surface area contributed by atoms with Gasteiger partial charge in [0.1, 0.15) is 5.75 Å². The van der Waals surface area contributed by atoms with E-state index in [1.165, 1.54) is 0 Å². The zero-order chi connectivity index (χ0) is 17.3. The number of aromatic amines is 1. The van der Waals surface area contributed by atoms with Crippen LogP contribution >= 0.6 is 0 Å². The topological polar surface area (TPSA) is 69.2 Å². The van der Waals surface area contributed by atoms with Crippen LogP contribution in [-0.2, 0) is 6.42 Å². The number of phenols is 1. The van der Waals surface area contributed by atoms with Gasteiger partial charge in [-0.1, -0.05) is 31.0 Å². The summed E-state index contributed by atoms with van der Waals surface area (Å²) in [6, 6.07) is 11.0. The Kier molecular flexibility index (Phi) is 4.25. The zero-order valence-corrected chi connectivity index (χ0v) is 14.1. The highest BCUT2D eigenvalue weighted by Crippen LogP contribution is 2.28. The van der Waals surface area contributed by atoms with Crippen LogP contribution in [0.2, 0.25) is 0 Å². The quantitative estimate of drug-likeness (QED) is 0.767. The number of hydrogen-bond acceptors (Lipinski definition) is 3. The predicted octanol–water partition coefficient (Wildman–Crippen LogP) is 3.81. The Hall–Kier alpha value is -2.82. The fourth-order valence-corrected chi connectivity index (χ4v) is 2.78.